The highest BCUT2D eigenvalue weighted by atomic mass is 16.2. The number of aromatic nitrogens is 3. The summed E-state index contributed by atoms with van der Waals surface area (Å²) < 4.78 is 3.52. The maximum Gasteiger partial charge on any atom is 0.278 e. The van der Waals surface area contributed by atoms with Crippen molar-refractivity contribution >= 4 is 27.8 Å². The van der Waals surface area contributed by atoms with Gasteiger partial charge in [0.25, 0.3) is 5.56 Å². The predicted molar refractivity (Wildman–Crippen MR) is 127 cm³/mol. The lowest BCUT2D eigenvalue weighted by Gasteiger charge is -2.21. The first-order valence-corrected chi connectivity index (χ1v) is 11.4. The van der Waals surface area contributed by atoms with Crippen molar-refractivity contribution in [1.29, 1.82) is 0 Å². The van der Waals surface area contributed by atoms with E-state index in [1.807, 2.05) is 58.9 Å². The number of likely N-dealkylation sites (tertiary alicyclic amines) is 1. The molecule has 0 N–H and O–H groups in total. The fourth-order valence-electron chi connectivity index (χ4n) is 4.73. The molecule has 5 rings (SSSR count). The number of fused-ring (bicyclic) bond motifs is 3. The normalized spacial score (nSPS) is 14.7. The van der Waals surface area contributed by atoms with Gasteiger partial charge in [-0.05, 0) is 37.5 Å². The zero-order valence-electron chi connectivity index (χ0n) is 18.5. The minimum atomic E-state index is -0.114. The number of carbonyl (C=O) groups excluding carboxylic acids is 1. The fourth-order valence-corrected chi connectivity index (χ4v) is 4.73. The summed E-state index contributed by atoms with van der Waals surface area (Å²) in [6, 6.07) is 16.0. The highest BCUT2D eigenvalue weighted by molar-refractivity contribution is 6.06. The first-order chi connectivity index (χ1) is 15.6. The molecule has 1 fully saturated rings. The molecule has 1 aliphatic heterocycles. The lowest BCUT2D eigenvalue weighted by atomic mass is 10.1. The van der Waals surface area contributed by atoms with Gasteiger partial charge in [0.15, 0.2) is 0 Å². The highest BCUT2D eigenvalue weighted by Crippen LogP contribution is 2.27. The van der Waals surface area contributed by atoms with Crippen LogP contribution in [0.2, 0.25) is 0 Å². The molecule has 164 valence electrons. The van der Waals surface area contributed by atoms with Crippen LogP contribution < -0.4 is 5.56 Å². The summed E-state index contributed by atoms with van der Waals surface area (Å²) in [5.41, 5.74) is 4.08. The molecule has 6 nitrogen and oxygen atoms in total. The van der Waals surface area contributed by atoms with E-state index in [2.05, 4.69) is 11.1 Å². The Morgan fingerprint density at radius 3 is 2.50 bits per heavy atom. The molecule has 0 bridgehead atoms. The largest absolute Gasteiger partial charge is 0.341 e. The molecule has 0 unspecified atom stereocenters. The van der Waals surface area contributed by atoms with Gasteiger partial charge in [-0.3, -0.25) is 14.2 Å². The van der Waals surface area contributed by atoms with Crippen molar-refractivity contribution in [2.75, 3.05) is 13.1 Å². The van der Waals surface area contributed by atoms with Crippen LogP contribution in [0.25, 0.3) is 21.9 Å². The van der Waals surface area contributed by atoms with Gasteiger partial charge in [0.1, 0.15) is 17.6 Å². The van der Waals surface area contributed by atoms with Crippen molar-refractivity contribution in [2.45, 2.75) is 45.7 Å². The van der Waals surface area contributed by atoms with Crippen LogP contribution in [0.5, 0.6) is 0 Å². The number of hydrogen-bond acceptors (Lipinski definition) is 3. The van der Waals surface area contributed by atoms with E-state index in [-0.39, 0.29) is 18.0 Å². The van der Waals surface area contributed by atoms with Crippen LogP contribution in [0.3, 0.4) is 0 Å². The molecule has 0 spiro atoms. The van der Waals surface area contributed by atoms with Crippen LogP contribution in [-0.4, -0.2) is 38.0 Å². The van der Waals surface area contributed by atoms with E-state index < -0.39 is 0 Å². The molecule has 2 aromatic carbocycles. The molecule has 0 saturated carbocycles. The van der Waals surface area contributed by atoms with Crippen LogP contribution >= 0.6 is 0 Å². The molecule has 4 aromatic rings. The minimum absolute atomic E-state index is 0.0733. The zero-order chi connectivity index (χ0) is 22.1. The molecule has 0 radical (unpaired) electrons. The average Bonchev–Trinajstić information content (AvgIpc) is 2.96. The van der Waals surface area contributed by atoms with Gasteiger partial charge in [-0.25, -0.2) is 4.98 Å². The van der Waals surface area contributed by atoms with Gasteiger partial charge in [-0.2, -0.15) is 0 Å². The SMILES string of the molecule is Cc1ccc2c(c1)c1ncn(Cc3ccccc3)c(=O)c1n2CC(=O)N1CCCCCC1. The lowest BCUT2D eigenvalue weighted by molar-refractivity contribution is -0.131. The Kier molecular flexibility index (Phi) is 5.52. The second-order valence-electron chi connectivity index (χ2n) is 8.76. The van der Waals surface area contributed by atoms with Crippen LogP contribution in [0.15, 0.2) is 59.7 Å². The van der Waals surface area contributed by atoms with Gasteiger partial charge in [0.05, 0.1) is 18.4 Å². The van der Waals surface area contributed by atoms with Crippen LogP contribution in [0.4, 0.5) is 0 Å². The Balaban J connectivity index is 1.62. The molecule has 3 heterocycles. The third-order valence-electron chi connectivity index (χ3n) is 6.43. The Morgan fingerprint density at radius 1 is 1.00 bits per heavy atom. The molecule has 1 amide bonds. The maximum absolute atomic E-state index is 13.6. The molecule has 32 heavy (non-hydrogen) atoms. The van der Waals surface area contributed by atoms with E-state index >= 15 is 0 Å². The summed E-state index contributed by atoms with van der Waals surface area (Å²) in [6.07, 6.45) is 6.06. The molecular weight excluding hydrogens is 400 g/mol. The van der Waals surface area contributed by atoms with E-state index in [1.165, 1.54) is 12.8 Å². The van der Waals surface area contributed by atoms with Crippen molar-refractivity contribution in [3.8, 4) is 0 Å². The molecule has 2 aromatic heterocycles. The van der Waals surface area contributed by atoms with Gasteiger partial charge in [0.2, 0.25) is 5.91 Å². The van der Waals surface area contributed by atoms with E-state index in [0.717, 1.165) is 48.0 Å². The highest BCUT2D eigenvalue weighted by Gasteiger charge is 2.21. The van der Waals surface area contributed by atoms with Crippen molar-refractivity contribution in [2.24, 2.45) is 0 Å². The number of benzene rings is 2. The van der Waals surface area contributed by atoms with Crippen LogP contribution in [0, 0.1) is 6.92 Å². The van der Waals surface area contributed by atoms with Gasteiger partial charge in [-0.15, -0.1) is 0 Å². The van der Waals surface area contributed by atoms with E-state index in [0.29, 0.717) is 17.6 Å². The molecule has 1 saturated heterocycles. The van der Waals surface area contributed by atoms with Crippen molar-refractivity contribution in [3.05, 3.63) is 76.3 Å². The summed E-state index contributed by atoms with van der Waals surface area (Å²) in [5, 5.41) is 0.924. The summed E-state index contributed by atoms with van der Waals surface area (Å²) in [5.74, 6) is 0.0733. The van der Waals surface area contributed by atoms with Crippen LogP contribution in [-0.2, 0) is 17.9 Å². The number of aryl methyl sites for hydroxylation is 1. The Morgan fingerprint density at radius 2 is 1.75 bits per heavy atom. The smallest absolute Gasteiger partial charge is 0.278 e. The van der Waals surface area contributed by atoms with Gasteiger partial charge in [0, 0.05) is 18.5 Å². The number of carbonyl (C=O) groups is 1. The quantitative estimate of drug-likeness (QED) is 0.491. The van der Waals surface area contributed by atoms with Gasteiger partial charge >= 0.3 is 0 Å². The molecule has 1 aliphatic rings. The van der Waals surface area contributed by atoms with E-state index in [1.54, 1.807) is 10.9 Å². The van der Waals surface area contributed by atoms with Gasteiger partial charge < -0.3 is 9.47 Å². The molecule has 0 aliphatic carbocycles. The Labute approximate surface area is 187 Å². The monoisotopic (exact) mass is 428 g/mol. The number of rotatable bonds is 4. The second kappa shape index (κ2) is 8.61. The Hall–Kier alpha value is -3.41. The standard InChI is InChI=1S/C26H28N4O2/c1-19-11-12-22-21(15-19)24-25(30(22)17-23(31)28-13-7-2-3-8-14-28)26(32)29(18-27-24)16-20-9-5-4-6-10-20/h4-6,9-12,15,18H,2-3,7-8,13-14,16-17H2,1H3. The number of nitrogens with zero attached hydrogens (tertiary/aromatic N) is 4. The molecule has 0 atom stereocenters. The summed E-state index contributed by atoms with van der Waals surface area (Å²) >= 11 is 0. The third-order valence-corrected chi connectivity index (χ3v) is 6.43. The molecular formula is C26H28N4O2. The van der Waals surface area contributed by atoms with E-state index in [4.69, 9.17) is 0 Å². The minimum Gasteiger partial charge on any atom is -0.341 e. The van der Waals surface area contributed by atoms with Crippen molar-refractivity contribution in [3.63, 3.8) is 0 Å². The maximum atomic E-state index is 13.6. The predicted octanol–water partition coefficient (Wildman–Crippen LogP) is 4.11. The van der Waals surface area contributed by atoms with E-state index in [9.17, 15) is 9.59 Å². The van der Waals surface area contributed by atoms with Crippen molar-refractivity contribution in [1.82, 2.24) is 19.0 Å². The Bertz CT molecular complexity index is 1330. The van der Waals surface area contributed by atoms with Crippen molar-refractivity contribution < 1.29 is 4.79 Å². The first-order valence-electron chi connectivity index (χ1n) is 11.4. The fraction of sp³-hybridized carbons (Fsp3) is 0.346. The number of hydrogen-bond donors (Lipinski definition) is 0. The average molecular weight is 429 g/mol. The first kappa shape index (κ1) is 20.5. The van der Waals surface area contributed by atoms with Crippen LogP contribution in [0.1, 0.15) is 36.8 Å². The lowest BCUT2D eigenvalue weighted by Crippen LogP contribution is -2.35. The topological polar surface area (TPSA) is 60.1 Å². The number of amides is 1. The second-order valence-corrected chi connectivity index (χ2v) is 8.76. The summed E-state index contributed by atoms with van der Waals surface area (Å²) in [6.45, 7) is 4.23. The summed E-state index contributed by atoms with van der Waals surface area (Å²) in [4.78, 5) is 33.5. The van der Waals surface area contributed by atoms with Gasteiger partial charge in [-0.1, -0.05) is 54.8 Å². The molecule has 6 heteroatoms. The third kappa shape index (κ3) is 3.81. The summed E-state index contributed by atoms with van der Waals surface area (Å²) in [7, 11) is 0. The zero-order valence-corrected chi connectivity index (χ0v) is 18.5.